The molecule has 10 heavy (non-hydrogen) atoms. The van der Waals surface area contributed by atoms with Crippen LogP contribution in [0.2, 0.25) is 0 Å². The number of ether oxygens (including phenoxy) is 1. The molecule has 1 heterocycles. The van der Waals surface area contributed by atoms with E-state index in [-0.39, 0.29) is 18.5 Å². The van der Waals surface area contributed by atoms with Crippen molar-refractivity contribution in [3.63, 3.8) is 0 Å². The van der Waals surface area contributed by atoms with E-state index in [9.17, 15) is 4.79 Å². The number of hydrogen-bond acceptors (Lipinski definition) is 3. The number of esters is 1. The summed E-state index contributed by atoms with van der Waals surface area (Å²) in [7, 11) is 0. The molecule has 0 aromatic heterocycles. The van der Waals surface area contributed by atoms with E-state index < -0.39 is 0 Å². The van der Waals surface area contributed by atoms with Crippen LogP contribution in [0.5, 0.6) is 0 Å². The second-order valence-corrected chi connectivity index (χ2v) is 2.41. The third-order valence-electron chi connectivity index (χ3n) is 1.81. The minimum absolute atomic E-state index is 0.179. The van der Waals surface area contributed by atoms with Gasteiger partial charge in [0.1, 0.15) is 12.4 Å². The highest BCUT2D eigenvalue weighted by atomic mass is 16.5. The Hall–Kier alpha value is -0.830. The largest absolute Gasteiger partial charge is 0.428 e. The summed E-state index contributed by atoms with van der Waals surface area (Å²) in [5.74, 6) is -0.0267. The fraction of sp³-hybridized carbons (Fsp3) is 0.571. The fourth-order valence-electron chi connectivity index (χ4n) is 0.866. The Labute approximate surface area is 59.3 Å². The third-order valence-corrected chi connectivity index (χ3v) is 1.81. The van der Waals surface area contributed by atoms with Crippen molar-refractivity contribution < 1.29 is 14.6 Å². The van der Waals surface area contributed by atoms with Gasteiger partial charge in [0.25, 0.3) is 0 Å². The first-order chi connectivity index (χ1) is 4.66. The fourth-order valence-corrected chi connectivity index (χ4v) is 0.866. The molecule has 0 saturated carbocycles. The molecule has 0 aliphatic carbocycles. The van der Waals surface area contributed by atoms with E-state index in [0.29, 0.717) is 5.76 Å². The van der Waals surface area contributed by atoms with Crippen LogP contribution >= 0.6 is 0 Å². The first kappa shape index (κ1) is 7.28. The lowest BCUT2D eigenvalue weighted by atomic mass is 10.1. The van der Waals surface area contributed by atoms with Crippen LogP contribution < -0.4 is 0 Å². The molecule has 0 amide bonds. The van der Waals surface area contributed by atoms with Gasteiger partial charge in [-0.25, -0.2) is 0 Å². The van der Waals surface area contributed by atoms with Crippen LogP contribution in [0.4, 0.5) is 0 Å². The maximum absolute atomic E-state index is 10.8. The van der Waals surface area contributed by atoms with Gasteiger partial charge in [-0.15, -0.1) is 0 Å². The zero-order valence-electron chi connectivity index (χ0n) is 6.05. The molecule has 0 spiro atoms. The zero-order chi connectivity index (χ0) is 7.72. The number of cyclic esters (lactones) is 1. The summed E-state index contributed by atoms with van der Waals surface area (Å²) < 4.78 is 4.73. The van der Waals surface area contributed by atoms with Crippen LogP contribution in [0.1, 0.15) is 13.8 Å². The number of rotatable bonds is 1. The van der Waals surface area contributed by atoms with Crippen molar-refractivity contribution in [1.29, 1.82) is 0 Å². The molecule has 0 radical (unpaired) electrons. The standard InChI is InChI=1S/C7H10O3/c1-4-5(2)7(9)10-6(4)3-8/h5,8H,3H2,1-2H3/t5-/m1/s1. The van der Waals surface area contributed by atoms with Gasteiger partial charge in [0, 0.05) is 0 Å². The maximum Gasteiger partial charge on any atom is 0.318 e. The van der Waals surface area contributed by atoms with Crippen LogP contribution in [0, 0.1) is 5.92 Å². The molecule has 1 atom stereocenters. The molecule has 3 heteroatoms. The first-order valence-electron chi connectivity index (χ1n) is 3.19. The number of aliphatic hydroxyl groups is 1. The topological polar surface area (TPSA) is 46.5 Å². The van der Waals surface area contributed by atoms with Gasteiger partial charge >= 0.3 is 5.97 Å². The van der Waals surface area contributed by atoms with E-state index in [2.05, 4.69) is 0 Å². The second-order valence-electron chi connectivity index (χ2n) is 2.41. The van der Waals surface area contributed by atoms with E-state index in [1.807, 2.05) is 0 Å². The van der Waals surface area contributed by atoms with Crippen molar-refractivity contribution in [1.82, 2.24) is 0 Å². The van der Waals surface area contributed by atoms with Crippen LogP contribution in [0.3, 0.4) is 0 Å². The van der Waals surface area contributed by atoms with Gasteiger partial charge in [0.2, 0.25) is 0 Å². The molecule has 56 valence electrons. The van der Waals surface area contributed by atoms with Crippen molar-refractivity contribution in [3.05, 3.63) is 11.3 Å². The summed E-state index contributed by atoms with van der Waals surface area (Å²) in [5, 5.41) is 8.64. The number of carbonyl (C=O) groups excluding carboxylic acids is 1. The van der Waals surface area contributed by atoms with Gasteiger partial charge in [0.15, 0.2) is 0 Å². The monoisotopic (exact) mass is 142 g/mol. The molecular formula is C7H10O3. The lowest BCUT2D eigenvalue weighted by Crippen LogP contribution is -2.05. The van der Waals surface area contributed by atoms with Gasteiger partial charge in [-0.1, -0.05) is 0 Å². The molecule has 1 aliphatic heterocycles. The minimum atomic E-state index is -0.262. The lowest BCUT2D eigenvalue weighted by molar-refractivity contribution is -0.140. The van der Waals surface area contributed by atoms with E-state index in [4.69, 9.17) is 9.84 Å². The van der Waals surface area contributed by atoms with Crippen molar-refractivity contribution >= 4 is 5.97 Å². The summed E-state index contributed by atoms with van der Waals surface area (Å²) in [5.41, 5.74) is 0.840. The van der Waals surface area contributed by atoms with Crippen LogP contribution in [0.25, 0.3) is 0 Å². The lowest BCUT2D eigenvalue weighted by Gasteiger charge is -1.94. The maximum atomic E-state index is 10.8. The summed E-state index contributed by atoms with van der Waals surface area (Å²) in [6.45, 7) is 3.38. The van der Waals surface area contributed by atoms with Gasteiger partial charge in [-0.05, 0) is 19.4 Å². The smallest absolute Gasteiger partial charge is 0.318 e. The van der Waals surface area contributed by atoms with Gasteiger partial charge in [-0.2, -0.15) is 0 Å². The Balaban J connectivity index is 2.83. The van der Waals surface area contributed by atoms with Crippen molar-refractivity contribution in [2.45, 2.75) is 13.8 Å². The molecule has 0 bridgehead atoms. The van der Waals surface area contributed by atoms with Gasteiger partial charge < -0.3 is 9.84 Å². The van der Waals surface area contributed by atoms with E-state index >= 15 is 0 Å². The van der Waals surface area contributed by atoms with Crippen LogP contribution in [-0.2, 0) is 9.53 Å². The number of carbonyl (C=O) groups is 1. The summed E-state index contributed by atoms with van der Waals surface area (Å²) in [4.78, 5) is 10.8. The molecule has 1 rings (SSSR count). The average molecular weight is 142 g/mol. The van der Waals surface area contributed by atoms with Gasteiger partial charge in [0.05, 0.1) is 5.92 Å². The third kappa shape index (κ3) is 0.926. The van der Waals surface area contributed by atoms with E-state index in [0.717, 1.165) is 5.57 Å². The molecule has 0 aromatic rings. The summed E-state index contributed by atoms with van der Waals surface area (Å²) >= 11 is 0. The molecule has 1 N–H and O–H groups in total. The Morgan fingerprint density at radius 2 is 2.30 bits per heavy atom. The van der Waals surface area contributed by atoms with Crippen LogP contribution in [0.15, 0.2) is 11.3 Å². The van der Waals surface area contributed by atoms with Crippen molar-refractivity contribution in [2.75, 3.05) is 6.61 Å². The summed E-state index contributed by atoms with van der Waals surface area (Å²) in [6.07, 6.45) is 0. The Morgan fingerprint density at radius 3 is 2.50 bits per heavy atom. The molecule has 0 fully saturated rings. The molecule has 0 aromatic carbocycles. The number of hydrogen-bond donors (Lipinski definition) is 1. The molecule has 0 unspecified atom stereocenters. The minimum Gasteiger partial charge on any atom is -0.428 e. The Kier molecular flexibility index (Phi) is 1.76. The molecule has 3 nitrogen and oxygen atoms in total. The van der Waals surface area contributed by atoms with Crippen molar-refractivity contribution in [3.8, 4) is 0 Å². The molecular weight excluding hydrogens is 132 g/mol. The average Bonchev–Trinajstić information content (AvgIpc) is 2.17. The first-order valence-corrected chi connectivity index (χ1v) is 3.19. The van der Waals surface area contributed by atoms with E-state index in [1.54, 1.807) is 13.8 Å². The normalized spacial score (nSPS) is 25.5. The van der Waals surface area contributed by atoms with Crippen LogP contribution in [-0.4, -0.2) is 17.7 Å². The highest BCUT2D eigenvalue weighted by Gasteiger charge is 2.28. The quantitative estimate of drug-likeness (QED) is 0.540. The Bertz CT molecular complexity index is 193. The SMILES string of the molecule is CC1=C(CO)OC(=O)[C@@H]1C. The molecule has 0 saturated heterocycles. The highest BCUT2D eigenvalue weighted by molar-refractivity contribution is 5.79. The number of aliphatic hydroxyl groups excluding tert-OH is 1. The Morgan fingerprint density at radius 1 is 1.70 bits per heavy atom. The summed E-state index contributed by atoms with van der Waals surface area (Å²) in [6, 6.07) is 0. The predicted octanol–water partition coefficient (Wildman–Crippen LogP) is 0.446. The second kappa shape index (κ2) is 2.42. The van der Waals surface area contributed by atoms with E-state index in [1.165, 1.54) is 0 Å². The molecule has 1 aliphatic rings. The predicted molar refractivity (Wildman–Crippen MR) is 35.0 cm³/mol. The van der Waals surface area contributed by atoms with Gasteiger partial charge in [-0.3, -0.25) is 4.79 Å². The van der Waals surface area contributed by atoms with Crippen molar-refractivity contribution in [2.24, 2.45) is 5.92 Å². The highest BCUT2D eigenvalue weighted by Crippen LogP contribution is 2.24. The zero-order valence-corrected chi connectivity index (χ0v) is 6.05.